The van der Waals surface area contributed by atoms with Crippen LogP contribution in [0.15, 0.2) is 24.3 Å². The third-order valence-corrected chi connectivity index (χ3v) is 3.04. The fraction of sp³-hybridized carbons (Fsp3) is 0.429. The number of likely N-dealkylation sites (tertiary alicyclic amines) is 1. The topological polar surface area (TPSA) is 58.6 Å². The lowest BCUT2D eigenvalue weighted by molar-refractivity contribution is -0.138. The van der Waals surface area contributed by atoms with Gasteiger partial charge in [-0.15, -0.1) is 0 Å². The molecule has 2 rings (SSSR count). The molecular weight excluding hydrogens is 244 g/mol. The van der Waals surface area contributed by atoms with E-state index >= 15 is 0 Å². The minimum atomic E-state index is -0.0991. The van der Waals surface area contributed by atoms with Crippen LogP contribution in [0.3, 0.4) is 0 Å². The molecule has 19 heavy (non-hydrogen) atoms. The van der Waals surface area contributed by atoms with E-state index in [1.54, 1.807) is 0 Å². The Morgan fingerprint density at radius 1 is 1.16 bits per heavy atom. The van der Waals surface area contributed by atoms with E-state index < -0.39 is 0 Å². The molecule has 1 fully saturated rings. The van der Waals surface area contributed by atoms with Gasteiger partial charge in [-0.3, -0.25) is 14.5 Å². The van der Waals surface area contributed by atoms with Gasteiger partial charge in [0.05, 0.1) is 6.54 Å². The Kier molecular flexibility index (Phi) is 4.52. The third kappa shape index (κ3) is 3.54. The lowest BCUT2D eigenvalue weighted by atomic mass is 10.2. The number of ether oxygens (including phenoxy) is 1. The molecule has 1 N–H and O–H groups in total. The maximum Gasteiger partial charge on any atom is 0.229 e. The van der Waals surface area contributed by atoms with Crippen LogP contribution in [-0.2, 0) is 16.1 Å². The standard InChI is InChI=1S/C14H18N2O3/c1-15-10-11-2-4-12(5-3-11)19-9-8-16-13(17)6-7-14(16)18/h2-5,15H,6-10H2,1H3. The molecule has 0 bridgehead atoms. The summed E-state index contributed by atoms with van der Waals surface area (Å²) in [6.07, 6.45) is 0.662. The smallest absolute Gasteiger partial charge is 0.229 e. The second-order valence-electron chi connectivity index (χ2n) is 4.46. The Hall–Kier alpha value is -1.88. The minimum Gasteiger partial charge on any atom is -0.492 e. The van der Waals surface area contributed by atoms with Gasteiger partial charge in [0.25, 0.3) is 0 Å². The van der Waals surface area contributed by atoms with Crippen molar-refractivity contribution < 1.29 is 14.3 Å². The van der Waals surface area contributed by atoms with E-state index in [0.717, 1.165) is 12.3 Å². The van der Waals surface area contributed by atoms with Gasteiger partial charge in [-0.05, 0) is 24.7 Å². The summed E-state index contributed by atoms with van der Waals surface area (Å²) in [7, 11) is 1.90. The van der Waals surface area contributed by atoms with Crippen LogP contribution in [0.2, 0.25) is 0 Å². The summed E-state index contributed by atoms with van der Waals surface area (Å²) >= 11 is 0. The molecule has 5 nitrogen and oxygen atoms in total. The Balaban J connectivity index is 1.79. The highest BCUT2D eigenvalue weighted by molar-refractivity contribution is 6.01. The van der Waals surface area contributed by atoms with Gasteiger partial charge in [0.2, 0.25) is 11.8 Å². The van der Waals surface area contributed by atoms with Gasteiger partial charge in [0.15, 0.2) is 0 Å². The summed E-state index contributed by atoms with van der Waals surface area (Å²) in [5.74, 6) is 0.551. The number of hydrogen-bond acceptors (Lipinski definition) is 4. The first kappa shape index (κ1) is 13.5. The predicted octanol–water partition coefficient (Wildman–Crippen LogP) is 0.934. The fourth-order valence-electron chi connectivity index (χ4n) is 2.03. The zero-order valence-electron chi connectivity index (χ0n) is 11.0. The average Bonchev–Trinajstić information content (AvgIpc) is 2.73. The van der Waals surface area contributed by atoms with Gasteiger partial charge in [-0.25, -0.2) is 0 Å². The largest absolute Gasteiger partial charge is 0.492 e. The first-order valence-electron chi connectivity index (χ1n) is 6.40. The molecule has 102 valence electrons. The molecule has 1 saturated heterocycles. The second kappa shape index (κ2) is 6.33. The van der Waals surface area contributed by atoms with Gasteiger partial charge in [0, 0.05) is 19.4 Å². The number of rotatable bonds is 6. The summed E-state index contributed by atoms with van der Waals surface area (Å²) in [5, 5.41) is 3.07. The molecule has 5 heteroatoms. The highest BCUT2D eigenvalue weighted by Crippen LogP contribution is 2.14. The van der Waals surface area contributed by atoms with Crippen LogP contribution < -0.4 is 10.1 Å². The Labute approximate surface area is 112 Å². The molecule has 0 aromatic heterocycles. The summed E-state index contributed by atoms with van der Waals surface area (Å²) in [5.41, 5.74) is 1.18. The first-order chi connectivity index (χ1) is 9.20. The number of nitrogens with zero attached hydrogens (tertiary/aromatic N) is 1. The highest BCUT2D eigenvalue weighted by atomic mass is 16.5. The van der Waals surface area contributed by atoms with Crippen LogP contribution in [0.4, 0.5) is 0 Å². The fourth-order valence-corrected chi connectivity index (χ4v) is 2.03. The van der Waals surface area contributed by atoms with E-state index in [1.807, 2.05) is 31.3 Å². The maximum absolute atomic E-state index is 11.4. The van der Waals surface area contributed by atoms with Gasteiger partial charge in [-0.1, -0.05) is 12.1 Å². The lowest BCUT2D eigenvalue weighted by Gasteiger charge is -2.14. The van der Waals surface area contributed by atoms with Crippen molar-refractivity contribution in [1.82, 2.24) is 10.2 Å². The molecule has 0 unspecified atom stereocenters. The zero-order chi connectivity index (χ0) is 13.7. The van der Waals surface area contributed by atoms with Crippen molar-refractivity contribution in [2.45, 2.75) is 19.4 Å². The second-order valence-corrected chi connectivity index (χ2v) is 4.46. The molecule has 2 amide bonds. The molecule has 1 aromatic carbocycles. The molecular formula is C14H18N2O3. The number of amides is 2. The summed E-state index contributed by atoms with van der Waals surface area (Å²) < 4.78 is 5.53. The quantitative estimate of drug-likeness (QED) is 0.775. The van der Waals surface area contributed by atoms with Gasteiger partial charge >= 0.3 is 0 Å². The van der Waals surface area contributed by atoms with Gasteiger partial charge < -0.3 is 10.1 Å². The number of benzene rings is 1. The molecule has 0 aliphatic carbocycles. The zero-order valence-corrected chi connectivity index (χ0v) is 11.0. The molecule has 0 spiro atoms. The Morgan fingerprint density at radius 2 is 1.79 bits per heavy atom. The summed E-state index contributed by atoms with van der Waals surface area (Å²) in [4.78, 5) is 24.0. The van der Waals surface area contributed by atoms with Gasteiger partial charge in [0.1, 0.15) is 12.4 Å². The van der Waals surface area contributed by atoms with Crippen LogP contribution in [0.1, 0.15) is 18.4 Å². The van der Waals surface area contributed by atoms with Crippen molar-refractivity contribution in [1.29, 1.82) is 0 Å². The SMILES string of the molecule is CNCc1ccc(OCCN2C(=O)CCC2=O)cc1. The number of carbonyl (C=O) groups excluding carboxylic acids is 2. The third-order valence-electron chi connectivity index (χ3n) is 3.04. The maximum atomic E-state index is 11.4. The molecule has 1 heterocycles. The molecule has 0 radical (unpaired) electrons. The van der Waals surface area contributed by atoms with Crippen LogP contribution in [0, 0.1) is 0 Å². The number of nitrogens with one attached hydrogen (secondary N) is 1. The van der Waals surface area contributed by atoms with Crippen LogP contribution >= 0.6 is 0 Å². The highest BCUT2D eigenvalue weighted by Gasteiger charge is 2.28. The number of hydrogen-bond donors (Lipinski definition) is 1. The predicted molar refractivity (Wildman–Crippen MR) is 70.7 cm³/mol. The summed E-state index contributed by atoms with van der Waals surface area (Å²) in [6, 6.07) is 7.75. The molecule has 1 aliphatic rings. The van der Waals surface area contributed by atoms with E-state index in [9.17, 15) is 9.59 Å². The van der Waals surface area contributed by atoms with Gasteiger partial charge in [-0.2, -0.15) is 0 Å². The number of carbonyl (C=O) groups is 2. The lowest BCUT2D eigenvalue weighted by Crippen LogP contribution is -2.33. The molecule has 1 aromatic rings. The van der Waals surface area contributed by atoms with Crippen LogP contribution in [-0.4, -0.2) is 36.9 Å². The van der Waals surface area contributed by atoms with Crippen molar-refractivity contribution in [2.24, 2.45) is 0 Å². The van der Waals surface area contributed by atoms with Crippen molar-refractivity contribution in [2.75, 3.05) is 20.2 Å². The number of imide groups is 1. The molecule has 0 saturated carbocycles. The van der Waals surface area contributed by atoms with Crippen molar-refractivity contribution in [3.8, 4) is 5.75 Å². The molecule has 0 atom stereocenters. The van der Waals surface area contributed by atoms with E-state index in [4.69, 9.17) is 4.74 Å². The Morgan fingerprint density at radius 3 is 2.37 bits per heavy atom. The van der Waals surface area contributed by atoms with Crippen LogP contribution in [0.25, 0.3) is 0 Å². The van der Waals surface area contributed by atoms with E-state index in [-0.39, 0.29) is 11.8 Å². The van der Waals surface area contributed by atoms with E-state index in [2.05, 4.69) is 5.32 Å². The van der Waals surface area contributed by atoms with Crippen molar-refractivity contribution >= 4 is 11.8 Å². The average molecular weight is 262 g/mol. The monoisotopic (exact) mass is 262 g/mol. The van der Waals surface area contributed by atoms with E-state index in [1.165, 1.54) is 10.5 Å². The first-order valence-corrected chi connectivity index (χ1v) is 6.40. The summed E-state index contributed by atoms with van der Waals surface area (Å²) in [6.45, 7) is 1.48. The van der Waals surface area contributed by atoms with Crippen molar-refractivity contribution in [3.05, 3.63) is 29.8 Å². The van der Waals surface area contributed by atoms with Crippen LogP contribution in [0.5, 0.6) is 5.75 Å². The normalized spacial score (nSPS) is 15.1. The Bertz CT molecular complexity index is 440. The minimum absolute atomic E-state index is 0.0991. The molecule has 1 aliphatic heterocycles. The van der Waals surface area contributed by atoms with Crippen molar-refractivity contribution in [3.63, 3.8) is 0 Å². The van der Waals surface area contributed by atoms with E-state index in [0.29, 0.717) is 26.0 Å².